The van der Waals surface area contributed by atoms with Crippen LogP contribution in [0, 0.1) is 20.8 Å². The van der Waals surface area contributed by atoms with E-state index in [1.54, 1.807) is 45.0 Å². The van der Waals surface area contributed by atoms with Gasteiger partial charge >= 0.3 is 5.97 Å². The van der Waals surface area contributed by atoms with Crippen LogP contribution in [0.1, 0.15) is 40.4 Å². The third kappa shape index (κ3) is 3.66. The number of ketones is 1. The summed E-state index contributed by atoms with van der Waals surface area (Å²) < 4.78 is 16.7. The third-order valence-electron chi connectivity index (χ3n) is 4.78. The van der Waals surface area contributed by atoms with Gasteiger partial charge in [-0.15, -0.1) is 0 Å². The van der Waals surface area contributed by atoms with Crippen LogP contribution >= 0.6 is 0 Å². The fourth-order valence-corrected chi connectivity index (χ4v) is 3.26. The number of anilines is 1. The molecule has 0 saturated heterocycles. The zero-order chi connectivity index (χ0) is 20.6. The second-order valence-corrected chi connectivity index (χ2v) is 7.01. The Labute approximate surface area is 163 Å². The van der Waals surface area contributed by atoms with E-state index in [1.807, 2.05) is 0 Å². The van der Waals surface area contributed by atoms with E-state index >= 15 is 0 Å². The lowest BCUT2D eigenvalue weighted by Crippen LogP contribution is -2.47. The van der Waals surface area contributed by atoms with E-state index in [1.165, 1.54) is 6.92 Å². The van der Waals surface area contributed by atoms with E-state index in [2.05, 4.69) is 0 Å². The van der Waals surface area contributed by atoms with Crippen molar-refractivity contribution >= 4 is 17.4 Å². The molecule has 1 aliphatic rings. The molecule has 0 radical (unpaired) electrons. The molecule has 3 N–H and O–H groups in total. The number of carbonyl (C=O) groups excluding carboxylic acids is 2. The molecule has 0 amide bonds. The normalized spacial score (nSPS) is 18.2. The fraction of sp³-hybridized carbons (Fsp3) is 0.333. The zero-order valence-electron chi connectivity index (χ0n) is 16.3. The lowest BCUT2D eigenvalue weighted by atomic mass is 9.89. The molecular weight excluding hydrogens is 362 g/mol. The zero-order valence-corrected chi connectivity index (χ0v) is 16.3. The van der Waals surface area contributed by atoms with Gasteiger partial charge in [-0.1, -0.05) is 0 Å². The molecule has 1 heterocycles. The van der Waals surface area contributed by atoms with E-state index in [9.17, 15) is 14.7 Å². The molecule has 0 spiro atoms. The van der Waals surface area contributed by atoms with Crippen LogP contribution in [0.15, 0.2) is 24.3 Å². The second-order valence-electron chi connectivity index (χ2n) is 7.01. The van der Waals surface area contributed by atoms with Crippen molar-refractivity contribution < 1.29 is 28.9 Å². The molecule has 28 heavy (non-hydrogen) atoms. The number of hydrogen-bond donors (Lipinski definition) is 2. The minimum Gasteiger partial charge on any atom is -0.487 e. The van der Waals surface area contributed by atoms with E-state index in [0.29, 0.717) is 39.4 Å². The summed E-state index contributed by atoms with van der Waals surface area (Å²) in [6.07, 6.45) is -0.280. The molecule has 148 valence electrons. The molecule has 0 saturated carbocycles. The summed E-state index contributed by atoms with van der Waals surface area (Å²) in [5, 5.41) is 10.8. The van der Waals surface area contributed by atoms with Gasteiger partial charge in [-0.3, -0.25) is 9.59 Å². The van der Waals surface area contributed by atoms with Gasteiger partial charge in [0.25, 0.3) is 0 Å². The number of ether oxygens (including phenoxy) is 3. The van der Waals surface area contributed by atoms with Gasteiger partial charge in [0, 0.05) is 18.2 Å². The average molecular weight is 385 g/mol. The van der Waals surface area contributed by atoms with Crippen molar-refractivity contribution in [2.24, 2.45) is 0 Å². The molecule has 7 nitrogen and oxygen atoms in total. The Kier molecular flexibility index (Phi) is 5.04. The molecule has 1 atom stereocenters. The maximum atomic E-state index is 12.8. The van der Waals surface area contributed by atoms with Gasteiger partial charge in [0.05, 0.1) is 12.0 Å². The first kappa shape index (κ1) is 19.7. The van der Waals surface area contributed by atoms with Crippen molar-refractivity contribution in [3.05, 3.63) is 46.5 Å². The van der Waals surface area contributed by atoms with Crippen LogP contribution in [-0.2, 0) is 4.79 Å². The summed E-state index contributed by atoms with van der Waals surface area (Å²) in [5.74, 6) is -1.45. The van der Waals surface area contributed by atoms with E-state index in [-0.39, 0.29) is 24.6 Å². The SMILES string of the molecule is CC(=O)Oc1c(C)c(C)c2c(c1C)C(=O)CC(O)(COc1ccc(N)cc1)O2. The Hall–Kier alpha value is -3.06. The molecule has 0 aliphatic carbocycles. The Morgan fingerprint density at radius 2 is 1.82 bits per heavy atom. The minimum atomic E-state index is -1.81. The number of hydrogen-bond acceptors (Lipinski definition) is 7. The molecule has 3 rings (SSSR count). The summed E-state index contributed by atoms with van der Waals surface area (Å²) in [5.41, 5.74) is 8.36. The number of esters is 1. The summed E-state index contributed by atoms with van der Waals surface area (Å²) in [4.78, 5) is 24.2. The number of rotatable bonds is 4. The van der Waals surface area contributed by atoms with E-state index in [0.717, 1.165) is 0 Å². The highest BCUT2D eigenvalue weighted by Gasteiger charge is 2.42. The molecule has 2 aromatic carbocycles. The monoisotopic (exact) mass is 385 g/mol. The molecule has 2 aromatic rings. The van der Waals surface area contributed by atoms with Crippen LogP contribution in [0.2, 0.25) is 0 Å². The van der Waals surface area contributed by atoms with Gasteiger partial charge < -0.3 is 25.1 Å². The van der Waals surface area contributed by atoms with E-state index < -0.39 is 11.8 Å². The number of nitrogens with two attached hydrogens (primary N) is 1. The Balaban J connectivity index is 1.92. The highest BCUT2D eigenvalue weighted by molar-refractivity contribution is 6.03. The maximum absolute atomic E-state index is 12.8. The summed E-state index contributed by atoms with van der Waals surface area (Å²) >= 11 is 0. The van der Waals surface area contributed by atoms with Crippen LogP contribution in [-0.4, -0.2) is 29.3 Å². The first-order valence-electron chi connectivity index (χ1n) is 8.86. The highest BCUT2D eigenvalue weighted by atomic mass is 16.7. The first-order chi connectivity index (χ1) is 13.1. The highest BCUT2D eigenvalue weighted by Crippen LogP contribution is 2.43. The lowest BCUT2D eigenvalue weighted by molar-refractivity contribution is -0.161. The number of carbonyl (C=O) groups is 2. The quantitative estimate of drug-likeness (QED) is 0.473. The van der Waals surface area contributed by atoms with Gasteiger partial charge in [-0.2, -0.15) is 0 Å². The van der Waals surface area contributed by atoms with Crippen molar-refractivity contribution in [1.29, 1.82) is 0 Å². The molecule has 1 unspecified atom stereocenters. The first-order valence-corrected chi connectivity index (χ1v) is 8.86. The van der Waals surface area contributed by atoms with Gasteiger partial charge in [0.2, 0.25) is 5.79 Å². The number of nitrogen functional groups attached to an aromatic ring is 1. The Morgan fingerprint density at radius 3 is 2.43 bits per heavy atom. The smallest absolute Gasteiger partial charge is 0.308 e. The van der Waals surface area contributed by atoms with Crippen LogP contribution in [0.25, 0.3) is 0 Å². The second kappa shape index (κ2) is 7.16. The topological polar surface area (TPSA) is 108 Å². The maximum Gasteiger partial charge on any atom is 0.308 e. The number of aliphatic hydroxyl groups is 1. The van der Waals surface area contributed by atoms with Crippen molar-refractivity contribution in [2.75, 3.05) is 12.3 Å². The number of benzene rings is 2. The molecule has 7 heteroatoms. The van der Waals surface area contributed by atoms with Crippen LogP contribution < -0.4 is 19.9 Å². The van der Waals surface area contributed by atoms with Crippen molar-refractivity contribution in [2.45, 2.75) is 39.9 Å². The molecule has 0 aromatic heterocycles. The number of Topliss-reactive ketones (excluding diaryl/α,β-unsaturated/α-hetero) is 1. The van der Waals surface area contributed by atoms with Gasteiger partial charge in [0.15, 0.2) is 12.4 Å². The standard InChI is InChI=1S/C21H23NO6/c1-11-12(2)20-18(13(3)19(11)27-14(4)23)17(24)9-21(25,28-20)10-26-16-7-5-15(22)6-8-16/h5-8,25H,9-10,22H2,1-4H3. The van der Waals surface area contributed by atoms with Gasteiger partial charge in [-0.05, 0) is 56.2 Å². The van der Waals surface area contributed by atoms with Gasteiger partial charge in [0.1, 0.15) is 17.2 Å². The largest absolute Gasteiger partial charge is 0.487 e. The van der Waals surface area contributed by atoms with Crippen LogP contribution in [0.4, 0.5) is 5.69 Å². The summed E-state index contributed by atoms with van der Waals surface area (Å²) in [6.45, 7) is 6.29. The van der Waals surface area contributed by atoms with E-state index in [4.69, 9.17) is 19.9 Å². The molecule has 1 aliphatic heterocycles. The number of fused-ring (bicyclic) bond motifs is 1. The average Bonchev–Trinajstić information content (AvgIpc) is 2.62. The molecule has 0 fully saturated rings. The fourth-order valence-electron chi connectivity index (χ4n) is 3.26. The Bertz CT molecular complexity index is 951. The van der Waals surface area contributed by atoms with Crippen molar-refractivity contribution in [1.82, 2.24) is 0 Å². The predicted octanol–water partition coefficient (Wildman–Crippen LogP) is 2.85. The summed E-state index contributed by atoms with van der Waals surface area (Å²) in [6, 6.07) is 6.69. The lowest BCUT2D eigenvalue weighted by Gasteiger charge is -2.35. The van der Waals surface area contributed by atoms with Crippen LogP contribution in [0.3, 0.4) is 0 Å². The summed E-state index contributed by atoms with van der Waals surface area (Å²) in [7, 11) is 0. The Morgan fingerprint density at radius 1 is 1.18 bits per heavy atom. The van der Waals surface area contributed by atoms with Gasteiger partial charge in [-0.25, -0.2) is 0 Å². The van der Waals surface area contributed by atoms with Crippen molar-refractivity contribution in [3.63, 3.8) is 0 Å². The third-order valence-corrected chi connectivity index (χ3v) is 4.78. The predicted molar refractivity (Wildman–Crippen MR) is 103 cm³/mol. The molecule has 0 bridgehead atoms. The van der Waals surface area contributed by atoms with Crippen LogP contribution in [0.5, 0.6) is 17.2 Å². The minimum absolute atomic E-state index is 0.231. The van der Waals surface area contributed by atoms with Crippen molar-refractivity contribution in [3.8, 4) is 17.2 Å². The molecular formula is C21H23NO6.